The zero-order chi connectivity index (χ0) is 40.1. The molecule has 4 amide bonds. The van der Waals surface area contributed by atoms with Gasteiger partial charge >= 0.3 is 12.2 Å². The van der Waals surface area contributed by atoms with Crippen LogP contribution < -0.4 is 10.6 Å². The van der Waals surface area contributed by atoms with Gasteiger partial charge in [-0.25, -0.2) is 14.6 Å². The molecule has 4 heterocycles. The maximum Gasteiger partial charge on any atom is 0.407 e. The van der Waals surface area contributed by atoms with Crippen molar-refractivity contribution in [3.05, 3.63) is 102 Å². The third-order valence-corrected chi connectivity index (χ3v) is 10.9. The molecule has 0 spiro atoms. The van der Waals surface area contributed by atoms with Gasteiger partial charge in [-0.1, -0.05) is 74.2 Å². The van der Waals surface area contributed by atoms with Gasteiger partial charge in [-0.05, 0) is 66.1 Å². The molecule has 0 radical (unpaired) electrons. The van der Waals surface area contributed by atoms with Crippen molar-refractivity contribution in [1.29, 1.82) is 0 Å². The molecule has 1 aromatic heterocycles. The fourth-order valence-electron chi connectivity index (χ4n) is 7.87. The number of carbonyl (C=O) groups is 4. The number of rotatable bonds is 9. The fraction of sp³-hybridized carbons (Fsp3) is 0.364. The van der Waals surface area contributed by atoms with Gasteiger partial charge in [-0.3, -0.25) is 14.6 Å². The van der Waals surface area contributed by atoms with Gasteiger partial charge in [0.15, 0.2) is 0 Å². The average molecular weight is 770 g/mol. The van der Waals surface area contributed by atoms with Gasteiger partial charge in [0.05, 0.1) is 38.2 Å². The lowest BCUT2D eigenvalue weighted by Crippen LogP contribution is -2.51. The van der Waals surface area contributed by atoms with E-state index in [2.05, 4.69) is 56.7 Å². The van der Waals surface area contributed by atoms with Crippen LogP contribution in [0.15, 0.2) is 89.7 Å². The molecule has 13 nitrogen and oxygen atoms in total. The average Bonchev–Trinajstić information content (AvgIpc) is 4.07. The number of likely N-dealkylation sites (tertiary alicyclic amines) is 2. The number of fused-ring (bicyclic) bond motifs is 1. The lowest BCUT2D eigenvalue weighted by molar-refractivity contribution is -0.135. The minimum absolute atomic E-state index is 0.110. The smallest absolute Gasteiger partial charge is 0.407 e. The van der Waals surface area contributed by atoms with Crippen molar-refractivity contribution in [2.24, 2.45) is 10.9 Å². The first kappa shape index (κ1) is 38.8. The standard InChI is InChI=1S/C44H47N7O6/c1-27(2)38(48-43(54)56-3)41(52)51-21-9-13-37(51)40-46-26-35(47-40)33-19-18-31-22-28(16-17-32(31)24-33)14-15-29-23-34(45-25-29)36-12-8-20-50(36)42(53)39(49-44(55)57-4)30-10-6-5-7-11-30/h5-7,10-11,16-19,22,24-27,36-39H,8-9,12-13,20-21,23H2,1-4H3,(H,46,47)(H,48,54)(H,49,55)/t36-,37-,38-,39+/m0/s1. The largest absolute Gasteiger partial charge is 0.453 e. The molecule has 2 fully saturated rings. The number of amides is 4. The van der Waals surface area contributed by atoms with Gasteiger partial charge in [0, 0.05) is 48.1 Å². The molecule has 0 saturated carbocycles. The highest BCUT2D eigenvalue weighted by Gasteiger charge is 2.39. The van der Waals surface area contributed by atoms with Crippen LogP contribution in [0, 0.1) is 17.8 Å². The van der Waals surface area contributed by atoms with E-state index in [9.17, 15) is 19.2 Å². The zero-order valence-electron chi connectivity index (χ0n) is 32.6. The monoisotopic (exact) mass is 769 g/mol. The number of aromatic nitrogens is 2. The molecular weight excluding hydrogens is 723 g/mol. The molecule has 3 aromatic carbocycles. The van der Waals surface area contributed by atoms with Crippen LogP contribution in [0.1, 0.15) is 75.0 Å². The predicted molar refractivity (Wildman–Crippen MR) is 216 cm³/mol. The number of nitrogens with zero attached hydrogens (tertiary/aromatic N) is 4. The molecule has 4 atom stereocenters. The molecule has 3 N–H and O–H groups in total. The van der Waals surface area contributed by atoms with Crippen molar-refractivity contribution < 1.29 is 28.7 Å². The normalized spacial score (nSPS) is 18.7. The Hall–Kier alpha value is -6.42. The van der Waals surface area contributed by atoms with Crippen LogP contribution in [0.25, 0.3) is 22.0 Å². The summed E-state index contributed by atoms with van der Waals surface area (Å²) in [5.41, 5.74) is 5.16. The van der Waals surface area contributed by atoms with Crippen molar-refractivity contribution in [2.75, 3.05) is 27.3 Å². The number of allylic oxidation sites excluding steroid dienone is 1. The van der Waals surface area contributed by atoms with Crippen molar-refractivity contribution in [3.8, 4) is 23.1 Å². The Balaban J connectivity index is 0.994. The highest BCUT2D eigenvalue weighted by atomic mass is 16.5. The lowest BCUT2D eigenvalue weighted by Gasteiger charge is -2.30. The third kappa shape index (κ3) is 8.55. The predicted octanol–water partition coefficient (Wildman–Crippen LogP) is 6.44. The summed E-state index contributed by atoms with van der Waals surface area (Å²) in [5.74, 6) is 6.87. The Bertz CT molecular complexity index is 2290. The topological polar surface area (TPSA) is 158 Å². The molecule has 13 heteroatoms. The quantitative estimate of drug-likeness (QED) is 0.165. The maximum absolute atomic E-state index is 13.9. The van der Waals surface area contributed by atoms with E-state index < -0.39 is 24.3 Å². The molecule has 57 heavy (non-hydrogen) atoms. The highest BCUT2D eigenvalue weighted by molar-refractivity contribution is 5.99. The van der Waals surface area contributed by atoms with E-state index in [1.54, 1.807) is 17.3 Å². The molecule has 0 unspecified atom stereocenters. The van der Waals surface area contributed by atoms with Crippen LogP contribution in [0.5, 0.6) is 0 Å². The third-order valence-electron chi connectivity index (χ3n) is 10.9. The van der Waals surface area contributed by atoms with Gasteiger partial charge in [0.25, 0.3) is 0 Å². The number of methoxy groups -OCH3 is 2. The zero-order valence-corrected chi connectivity index (χ0v) is 32.6. The summed E-state index contributed by atoms with van der Waals surface area (Å²) in [5, 5.41) is 7.50. The highest BCUT2D eigenvalue weighted by Crippen LogP contribution is 2.34. The summed E-state index contributed by atoms with van der Waals surface area (Å²) in [4.78, 5) is 68.0. The molecule has 0 aliphatic carbocycles. The van der Waals surface area contributed by atoms with Gasteiger partial charge in [-0.2, -0.15) is 0 Å². The molecule has 2 saturated heterocycles. The molecular formula is C44H47N7O6. The first-order chi connectivity index (χ1) is 27.6. The Labute approximate surface area is 331 Å². The lowest BCUT2D eigenvalue weighted by atomic mass is 10.0. The Morgan fingerprint density at radius 3 is 2.25 bits per heavy atom. The first-order valence-corrected chi connectivity index (χ1v) is 19.3. The number of benzene rings is 3. The van der Waals surface area contributed by atoms with Gasteiger partial charge in [-0.15, -0.1) is 0 Å². The molecule has 4 aromatic rings. The Morgan fingerprint density at radius 1 is 0.825 bits per heavy atom. The van der Waals surface area contributed by atoms with Crippen LogP contribution in [-0.4, -0.2) is 88.9 Å². The van der Waals surface area contributed by atoms with E-state index in [4.69, 9.17) is 14.5 Å². The fourth-order valence-corrected chi connectivity index (χ4v) is 7.87. The number of aromatic amines is 1. The summed E-state index contributed by atoms with van der Waals surface area (Å²) >= 11 is 0. The second-order valence-corrected chi connectivity index (χ2v) is 14.9. The molecule has 3 aliphatic rings. The van der Waals surface area contributed by atoms with E-state index in [0.717, 1.165) is 70.4 Å². The van der Waals surface area contributed by atoms with Crippen molar-refractivity contribution >= 4 is 40.5 Å². The number of nitrogens with one attached hydrogen (secondary N) is 3. The number of H-pyrrole nitrogens is 1. The van der Waals surface area contributed by atoms with Crippen LogP contribution >= 0.6 is 0 Å². The number of hydrogen-bond donors (Lipinski definition) is 3. The summed E-state index contributed by atoms with van der Waals surface area (Å²) in [7, 11) is 2.57. The summed E-state index contributed by atoms with van der Waals surface area (Å²) < 4.78 is 9.58. The molecule has 7 rings (SSSR count). The maximum atomic E-state index is 13.9. The summed E-state index contributed by atoms with van der Waals surface area (Å²) in [6.07, 6.45) is 6.11. The van der Waals surface area contributed by atoms with E-state index in [-0.39, 0.29) is 29.8 Å². The minimum Gasteiger partial charge on any atom is -0.453 e. The van der Waals surface area contributed by atoms with Crippen molar-refractivity contribution in [2.45, 2.75) is 70.1 Å². The molecule has 0 bridgehead atoms. The van der Waals surface area contributed by atoms with E-state index in [0.29, 0.717) is 25.1 Å². The summed E-state index contributed by atoms with van der Waals surface area (Å²) in [6.45, 7) is 4.96. The van der Waals surface area contributed by atoms with Gasteiger partial charge in [0.2, 0.25) is 11.8 Å². The van der Waals surface area contributed by atoms with Gasteiger partial charge < -0.3 is 34.9 Å². The van der Waals surface area contributed by atoms with Gasteiger partial charge in [0.1, 0.15) is 17.9 Å². The molecule has 294 valence electrons. The van der Waals surface area contributed by atoms with Crippen LogP contribution in [0.2, 0.25) is 0 Å². The van der Waals surface area contributed by atoms with Crippen LogP contribution in [0.3, 0.4) is 0 Å². The van der Waals surface area contributed by atoms with Crippen LogP contribution in [0.4, 0.5) is 9.59 Å². The number of aliphatic imine (C=N–C) groups is 1. The van der Waals surface area contributed by atoms with Crippen molar-refractivity contribution in [1.82, 2.24) is 30.4 Å². The van der Waals surface area contributed by atoms with E-state index in [1.807, 2.05) is 61.2 Å². The summed E-state index contributed by atoms with van der Waals surface area (Å²) in [6, 6.07) is 19.6. The number of hydrogen-bond acceptors (Lipinski definition) is 8. The van der Waals surface area contributed by atoms with Crippen LogP contribution in [-0.2, 0) is 19.1 Å². The molecule has 3 aliphatic heterocycles. The van der Waals surface area contributed by atoms with E-state index in [1.165, 1.54) is 14.2 Å². The Morgan fingerprint density at radius 2 is 1.51 bits per heavy atom. The first-order valence-electron chi connectivity index (χ1n) is 19.3. The van der Waals surface area contributed by atoms with E-state index >= 15 is 0 Å². The Kier molecular flexibility index (Phi) is 11.7. The van der Waals surface area contributed by atoms with Crippen molar-refractivity contribution in [3.63, 3.8) is 0 Å². The second kappa shape index (κ2) is 17.2. The number of imidazole rings is 1. The number of alkyl carbamates (subject to hydrolysis) is 2. The second-order valence-electron chi connectivity index (χ2n) is 14.9. The minimum atomic E-state index is -0.864. The number of ether oxygens (including phenoxy) is 2. The SMILES string of the molecule is COC(=O)N[C@H](C(=O)N1CCC[C@H]1c1ncc(-c2ccc3cc(C#CC4=CN=C([C@@H]5CCCN5C(=O)[C@H](NC(=O)OC)c5ccccc5)C4)ccc3c2)[nH]1)C(C)C. The number of carbonyl (C=O) groups excluding carboxylic acids is 4.